The summed E-state index contributed by atoms with van der Waals surface area (Å²) in [7, 11) is 0. The van der Waals surface area contributed by atoms with Gasteiger partial charge in [-0.2, -0.15) is 0 Å². The molecule has 156 valence electrons. The summed E-state index contributed by atoms with van der Waals surface area (Å²) in [6, 6.07) is 0. The molecule has 0 aromatic rings. The highest BCUT2D eigenvalue weighted by Gasteiger charge is 3.10. The second-order valence-corrected chi connectivity index (χ2v) is 17.1. The minimum Gasteiger partial charge on any atom is -0.0617 e. The van der Waals surface area contributed by atoms with Crippen LogP contribution in [0, 0.1) is 109 Å². The Balaban J connectivity index is 1.36. The highest BCUT2D eigenvalue weighted by molar-refractivity contribution is 5.56. The Kier molecular flexibility index (Phi) is 1.43. The fraction of sp³-hybridized carbons (Fsp3) is 1.00. The van der Waals surface area contributed by atoms with Gasteiger partial charge in [0.25, 0.3) is 0 Å². The molecule has 19 unspecified atom stereocenters. The molecule has 0 aromatic carbocycles. The molecule has 0 saturated heterocycles. The van der Waals surface area contributed by atoms with Crippen LogP contribution < -0.4 is 0 Å². The lowest BCUT2D eigenvalue weighted by Crippen LogP contribution is -2.89. The first-order valence-electron chi connectivity index (χ1n) is 14.5. The summed E-state index contributed by atoms with van der Waals surface area (Å²) < 4.78 is 0. The molecular formula is C30H36. The summed E-state index contributed by atoms with van der Waals surface area (Å²) in [4.78, 5) is 0. The summed E-state index contributed by atoms with van der Waals surface area (Å²) in [5, 5.41) is 0. The maximum Gasteiger partial charge on any atom is -0.0108 e. The lowest BCUT2D eigenvalue weighted by molar-refractivity contribution is -0.466. The lowest BCUT2D eigenvalue weighted by Gasteiger charge is -2.93. The molecule has 0 aromatic heterocycles. The first-order chi connectivity index (χ1) is 14.5. The van der Waals surface area contributed by atoms with Gasteiger partial charge < -0.3 is 0 Å². The fourth-order valence-corrected chi connectivity index (χ4v) is 21.2. The Labute approximate surface area is 180 Å². The van der Waals surface area contributed by atoms with Gasteiger partial charge in [-0.15, -0.1) is 0 Å². The van der Waals surface area contributed by atoms with Crippen molar-refractivity contribution in [1.29, 1.82) is 0 Å². The van der Waals surface area contributed by atoms with Crippen molar-refractivity contribution in [2.24, 2.45) is 109 Å². The Bertz CT molecular complexity index is 1120. The average molecular weight is 397 g/mol. The summed E-state index contributed by atoms with van der Waals surface area (Å²) in [6.45, 7) is 5.90. The van der Waals surface area contributed by atoms with Crippen LogP contribution in [-0.4, -0.2) is 0 Å². The van der Waals surface area contributed by atoms with Crippen molar-refractivity contribution in [1.82, 2.24) is 0 Å². The molecule has 13 bridgehead atoms. The van der Waals surface area contributed by atoms with Crippen molar-refractivity contribution in [2.45, 2.75) is 71.6 Å². The van der Waals surface area contributed by atoms with Crippen LogP contribution in [-0.2, 0) is 0 Å². The van der Waals surface area contributed by atoms with Gasteiger partial charge in [0.15, 0.2) is 0 Å². The van der Waals surface area contributed by atoms with Gasteiger partial charge in [-0.25, -0.2) is 0 Å². The van der Waals surface area contributed by atoms with Crippen molar-refractivity contribution < 1.29 is 0 Å². The fourth-order valence-electron chi connectivity index (χ4n) is 21.2. The highest BCUT2D eigenvalue weighted by Crippen LogP contribution is 3.14. The smallest absolute Gasteiger partial charge is 0.0108 e. The molecule has 0 N–H and O–H groups in total. The zero-order valence-corrected chi connectivity index (χ0v) is 18.8. The first kappa shape index (κ1) is 14.3. The molecular weight excluding hydrogens is 360 g/mol. The van der Waals surface area contributed by atoms with Gasteiger partial charge in [0.2, 0.25) is 0 Å². The molecule has 0 radical (unpaired) electrons. The van der Waals surface area contributed by atoms with Crippen molar-refractivity contribution >= 4 is 0 Å². The number of hydrogen-bond acceptors (Lipinski definition) is 0. The predicted molar refractivity (Wildman–Crippen MR) is 112 cm³/mol. The minimum atomic E-state index is 0.745. The molecule has 0 aliphatic heterocycles. The van der Waals surface area contributed by atoms with Gasteiger partial charge in [0.05, 0.1) is 0 Å². The van der Waals surface area contributed by atoms with Crippen LogP contribution in [0.4, 0.5) is 0 Å². The molecule has 17 aliphatic rings. The molecule has 0 heteroatoms. The molecule has 6 spiro atoms. The van der Waals surface area contributed by atoms with E-state index in [0.717, 1.165) is 43.8 Å². The summed E-state index contributed by atoms with van der Waals surface area (Å²) in [6.07, 6.45) is 15.7. The third-order valence-corrected chi connectivity index (χ3v) is 19.3. The average Bonchev–Trinajstić information content (AvgIpc) is 3.20. The van der Waals surface area contributed by atoms with Crippen molar-refractivity contribution in [3.8, 4) is 0 Å². The molecule has 0 nitrogen and oxygen atoms in total. The molecule has 0 heterocycles. The molecule has 30 heavy (non-hydrogen) atoms. The Morgan fingerprint density at radius 1 is 0.733 bits per heavy atom. The van der Waals surface area contributed by atoms with Gasteiger partial charge in [-0.1, -0.05) is 13.8 Å². The second kappa shape index (κ2) is 3.00. The van der Waals surface area contributed by atoms with Crippen molar-refractivity contribution in [2.75, 3.05) is 0 Å². The van der Waals surface area contributed by atoms with E-state index in [1.807, 2.05) is 0 Å². The zero-order chi connectivity index (χ0) is 18.8. The molecule has 17 saturated carbocycles. The van der Waals surface area contributed by atoms with Crippen LogP contribution in [0.25, 0.3) is 0 Å². The summed E-state index contributed by atoms with van der Waals surface area (Å²) in [5.74, 6) is 14.6. The van der Waals surface area contributed by atoms with E-state index < -0.39 is 0 Å². The Morgan fingerprint density at radius 3 is 2.60 bits per heavy atom. The number of fused-ring (bicyclic) bond motifs is 1. The normalized spacial score (nSPS) is 95.4. The maximum absolute atomic E-state index is 2.98. The standard InChI is InChI=1S/C30H36/c1-12-19-22-14-5-13-7-27(12)9-17-18-8-26(19)11-25(17)3-4-28(14)21(20(13)24(27,2)10-25)15-6-16-23(26)29(18,22)30(15,16)28/h12-23H,3-11H2,1-2H3. The molecule has 17 fully saturated rings. The first-order valence-corrected chi connectivity index (χ1v) is 14.5. The van der Waals surface area contributed by atoms with Gasteiger partial charge in [0, 0.05) is 0 Å². The van der Waals surface area contributed by atoms with Crippen LogP contribution in [0.5, 0.6) is 0 Å². The van der Waals surface area contributed by atoms with E-state index in [-0.39, 0.29) is 0 Å². The maximum atomic E-state index is 2.98. The van der Waals surface area contributed by atoms with Gasteiger partial charge in [-0.3, -0.25) is 0 Å². The summed E-state index contributed by atoms with van der Waals surface area (Å²) >= 11 is 0. The second-order valence-electron chi connectivity index (χ2n) is 17.1. The Morgan fingerprint density at radius 2 is 1.67 bits per heavy atom. The topological polar surface area (TPSA) is 0 Å². The van der Waals surface area contributed by atoms with Gasteiger partial charge in [0.1, 0.15) is 0 Å². The molecule has 17 aliphatic carbocycles. The Hall–Kier alpha value is 0. The van der Waals surface area contributed by atoms with Crippen LogP contribution in [0.15, 0.2) is 0 Å². The monoisotopic (exact) mass is 396 g/mol. The van der Waals surface area contributed by atoms with E-state index in [0.29, 0.717) is 0 Å². The van der Waals surface area contributed by atoms with Crippen LogP contribution in [0.1, 0.15) is 71.6 Å². The number of rotatable bonds is 0. The number of hydrogen-bond donors (Lipinski definition) is 0. The van der Waals surface area contributed by atoms with E-state index in [4.69, 9.17) is 0 Å². The third kappa shape index (κ3) is 0.682. The van der Waals surface area contributed by atoms with E-state index >= 15 is 0 Å². The van der Waals surface area contributed by atoms with Gasteiger partial charge in [-0.05, 0) is 167 Å². The quantitative estimate of drug-likeness (QED) is 0.470. The van der Waals surface area contributed by atoms with Crippen LogP contribution >= 0.6 is 0 Å². The predicted octanol–water partition coefficient (Wildman–Crippen LogP) is 6.01. The van der Waals surface area contributed by atoms with E-state index in [1.54, 1.807) is 57.8 Å². The van der Waals surface area contributed by atoms with E-state index in [2.05, 4.69) is 13.8 Å². The minimum absolute atomic E-state index is 0.745. The van der Waals surface area contributed by atoms with E-state index in [9.17, 15) is 0 Å². The molecule has 17 rings (SSSR count). The highest BCUT2D eigenvalue weighted by atomic mass is 15.1. The van der Waals surface area contributed by atoms with Crippen molar-refractivity contribution in [3.63, 3.8) is 0 Å². The molecule has 19 atom stereocenters. The van der Waals surface area contributed by atoms with E-state index in [1.165, 1.54) is 65.1 Å². The van der Waals surface area contributed by atoms with Crippen LogP contribution in [0.2, 0.25) is 0 Å². The zero-order valence-electron chi connectivity index (χ0n) is 18.8. The lowest BCUT2D eigenvalue weighted by atomic mass is 9.11. The summed E-state index contributed by atoms with van der Waals surface area (Å²) in [5.41, 5.74) is 6.05. The van der Waals surface area contributed by atoms with Crippen molar-refractivity contribution in [3.05, 3.63) is 0 Å². The SMILES string of the molecule is CC1C2C3C4CC5CC16CC1C7CC28CC12CCC41C(C5C6(C)C2)C2CC4C8C73C241. The third-order valence-electron chi connectivity index (χ3n) is 19.3. The van der Waals surface area contributed by atoms with Crippen LogP contribution in [0.3, 0.4) is 0 Å². The largest absolute Gasteiger partial charge is 0.0617 e. The van der Waals surface area contributed by atoms with Gasteiger partial charge >= 0.3 is 0 Å². The molecule has 0 amide bonds.